The fourth-order valence-electron chi connectivity index (χ4n) is 4.31. The Bertz CT molecular complexity index is 942. The summed E-state index contributed by atoms with van der Waals surface area (Å²) >= 11 is 0. The molecule has 0 amide bonds. The van der Waals surface area contributed by atoms with Crippen LogP contribution in [0.2, 0.25) is 0 Å². The molecule has 0 bridgehead atoms. The van der Waals surface area contributed by atoms with Crippen molar-refractivity contribution in [1.29, 1.82) is 0 Å². The highest BCUT2D eigenvalue weighted by Crippen LogP contribution is 2.31. The molecule has 3 aliphatic rings. The lowest BCUT2D eigenvalue weighted by Gasteiger charge is -2.43. The number of aliphatic hydroxyl groups excluding tert-OH is 6. The first-order valence-electron chi connectivity index (χ1n) is 11.5. The van der Waals surface area contributed by atoms with Crippen LogP contribution in [0.3, 0.4) is 0 Å². The van der Waals surface area contributed by atoms with Crippen LogP contribution in [0.15, 0.2) is 11.8 Å². The first-order valence-corrected chi connectivity index (χ1v) is 12.9. The number of aliphatic hydroxyl groups is 6. The van der Waals surface area contributed by atoms with Gasteiger partial charge in [0.25, 0.3) is 0 Å². The molecule has 38 heavy (non-hydrogen) atoms. The zero-order valence-electron chi connectivity index (χ0n) is 20.0. The monoisotopic (exact) mass is 576 g/mol. The van der Waals surface area contributed by atoms with Crippen LogP contribution in [-0.4, -0.2) is 143 Å². The van der Waals surface area contributed by atoms with E-state index in [2.05, 4.69) is 4.18 Å². The van der Waals surface area contributed by atoms with Gasteiger partial charge in [0.2, 0.25) is 12.0 Å². The summed E-state index contributed by atoms with van der Waals surface area (Å²) in [6.07, 6.45) is -14.5. The first kappa shape index (κ1) is 31.0. The van der Waals surface area contributed by atoms with E-state index in [1.54, 1.807) is 0 Å². The summed E-state index contributed by atoms with van der Waals surface area (Å²) in [6.45, 7) is -0.0537. The molecule has 0 aromatic heterocycles. The van der Waals surface area contributed by atoms with Crippen molar-refractivity contribution < 1.29 is 81.4 Å². The summed E-state index contributed by atoms with van der Waals surface area (Å²) in [5, 5.41) is 69.9. The van der Waals surface area contributed by atoms with Gasteiger partial charge in [-0.15, -0.1) is 0 Å². The Balaban J connectivity index is 1.69. The van der Waals surface area contributed by atoms with E-state index in [-0.39, 0.29) is 13.2 Å². The molecule has 0 aromatic rings. The molecule has 3 aliphatic heterocycles. The Morgan fingerprint density at radius 2 is 1.68 bits per heavy atom. The zero-order valence-corrected chi connectivity index (χ0v) is 20.8. The Labute approximate surface area is 216 Å². The molecule has 3 rings (SSSR count). The molecule has 8 N–H and O–H groups in total. The van der Waals surface area contributed by atoms with Crippen molar-refractivity contribution in [2.24, 2.45) is 11.8 Å². The van der Waals surface area contributed by atoms with Crippen LogP contribution in [0.5, 0.6) is 0 Å². The standard InChI is InChI=1S/C20H32O17S/c1-7-13(23)17(37-38(29,30)31)16(26)20(35-7)34-6-9-8(4-32-12(3-21)14(9)24)5-33-19-15(25)10(22)2-11(36-19)18(27)28/h2,7-10,12-17,19-26H,3-6H2,1H3,(H,27,28)(H,29,30,31)/t7?,8?,9?,10?,12?,13-,14+,15?,16?,17?,19+,20+/m0/s1. The highest BCUT2D eigenvalue weighted by Gasteiger charge is 2.48. The molecule has 2 fully saturated rings. The van der Waals surface area contributed by atoms with Gasteiger partial charge in [0.15, 0.2) is 6.29 Å². The average molecular weight is 577 g/mol. The van der Waals surface area contributed by atoms with E-state index in [0.29, 0.717) is 0 Å². The summed E-state index contributed by atoms with van der Waals surface area (Å²) in [5.74, 6) is -3.76. The largest absolute Gasteiger partial charge is 0.475 e. The molecule has 220 valence electrons. The number of ether oxygens (including phenoxy) is 5. The lowest BCUT2D eigenvalue weighted by atomic mass is 9.84. The van der Waals surface area contributed by atoms with Gasteiger partial charge < -0.3 is 59.4 Å². The smallest absolute Gasteiger partial charge is 0.397 e. The number of rotatable bonds is 10. The van der Waals surface area contributed by atoms with Gasteiger partial charge in [-0.25, -0.2) is 8.98 Å². The molecular weight excluding hydrogens is 544 g/mol. The van der Waals surface area contributed by atoms with Crippen molar-refractivity contribution in [3.8, 4) is 0 Å². The predicted octanol–water partition coefficient (Wildman–Crippen LogP) is -4.29. The lowest BCUT2D eigenvalue weighted by Crippen LogP contribution is -2.59. The highest BCUT2D eigenvalue weighted by molar-refractivity contribution is 7.80. The van der Waals surface area contributed by atoms with Gasteiger partial charge in [-0.05, 0) is 13.0 Å². The third kappa shape index (κ3) is 7.36. The van der Waals surface area contributed by atoms with E-state index in [1.807, 2.05) is 0 Å². The number of hydrogen-bond donors (Lipinski definition) is 8. The van der Waals surface area contributed by atoms with Crippen molar-refractivity contribution in [1.82, 2.24) is 0 Å². The maximum absolute atomic E-state index is 11.2. The van der Waals surface area contributed by atoms with Gasteiger partial charge in [-0.1, -0.05) is 0 Å². The Kier molecular flexibility index (Phi) is 10.4. The molecule has 0 saturated carbocycles. The highest BCUT2D eigenvalue weighted by atomic mass is 32.3. The SMILES string of the molecule is CC1O[C@@H](OCC2C(CO[C@@H]3OC(C(=O)O)=CC(O)C3O)COC(CO)[C@@H]2O)C(O)C(OS(=O)(=O)O)[C@H]1O. The van der Waals surface area contributed by atoms with Gasteiger partial charge in [-0.2, -0.15) is 8.42 Å². The average Bonchev–Trinajstić information content (AvgIpc) is 2.84. The van der Waals surface area contributed by atoms with Crippen LogP contribution in [0.4, 0.5) is 0 Å². The van der Waals surface area contributed by atoms with E-state index in [1.165, 1.54) is 6.92 Å². The minimum atomic E-state index is -5.06. The number of carboxylic acid groups (broad SMARTS) is 1. The molecule has 0 spiro atoms. The maximum Gasteiger partial charge on any atom is 0.397 e. The fourth-order valence-corrected chi connectivity index (χ4v) is 4.82. The number of hydrogen-bond acceptors (Lipinski definition) is 15. The van der Waals surface area contributed by atoms with Gasteiger partial charge in [-0.3, -0.25) is 4.55 Å². The second kappa shape index (κ2) is 12.8. The molecule has 0 radical (unpaired) electrons. The van der Waals surface area contributed by atoms with E-state index in [9.17, 15) is 43.9 Å². The van der Waals surface area contributed by atoms with E-state index < -0.39 is 109 Å². The Morgan fingerprint density at radius 1 is 1.03 bits per heavy atom. The van der Waals surface area contributed by atoms with Crippen molar-refractivity contribution in [2.45, 2.75) is 68.3 Å². The normalized spacial score (nSPS) is 42.3. The predicted molar refractivity (Wildman–Crippen MR) is 117 cm³/mol. The zero-order chi connectivity index (χ0) is 28.4. The van der Waals surface area contributed by atoms with Gasteiger partial charge >= 0.3 is 16.4 Å². The molecule has 0 aromatic carbocycles. The molecule has 8 unspecified atom stereocenters. The topological polar surface area (TPSA) is 268 Å². The third-order valence-corrected chi connectivity index (χ3v) is 6.94. The summed E-state index contributed by atoms with van der Waals surface area (Å²) in [6, 6.07) is 0. The van der Waals surface area contributed by atoms with Gasteiger partial charge in [0, 0.05) is 11.8 Å². The van der Waals surface area contributed by atoms with Crippen molar-refractivity contribution in [2.75, 3.05) is 26.4 Å². The second-order valence-corrected chi connectivity index (χ2v) is 10.2. The van der Waals surface area contributed by atoms with Crippen molar-refractivity contribution in [3.63, 3.8) is 0 Å². The third-order valence-electron chi connectivity index (χ3n) is 6.48. The summed E-state index contributed by atoms with van der Waals surface area (Å²) in [5.41, 5.74) is 0. The Morgan fingerprint density at radius 3 is 2.29 bits per heavy atom. The van der Waals surface area contributed by atoms with Crippen molar-refractivity contribution in [3.05, 3.63) is 11.8 Å². The minimum Gasteiger partial charge on any atom is -0.475 e. The van der Waals surface area contributed by atoms with Crippen LogP contribution < -0.4 is 0 Å². The van der Waals surface area contributed by atoms with Crippen LogP contribution >= 0.6 is 0 Å². The first-order chi connectivity index (χ1) is 17.7. The molecular formula is C20H32O17S. The molecule has 17 nitrogen and oxygen atoms in total. The molecule has 12 atom stereocenters. The van der Waals surface area contributed by atoms with Crippen LogP contribution in [0, 0.1) is 11.8 Å². The maximum atomic E-state index is 11.2. The van der Waals surface area contributed by atoms with Crippen LogP contribution in [0.1, 0.15) is 6.92 Å². The molecule has 18 heteroatoms. The van der Waals surface area contributed by atoms with E-state index in [0.717, 1.165) is 6.08 Å². The summed E-state index contributed by atoms with van der Waals surface area (Å²) in [7, 11) is -5.06. The van der Waals surface area contributed by atoms with Crippen LogP contribution in [0.25, 0.3) is 0 Å². The molecule has 3 heterocycles. The van der Waals surface area contributed by atoms with Gasteiger partial charge in [0.1, 0.15) is 36.6 Å². The minimum absolute atomic E-state index is 0.110. The number of carbonyl (C=O) groups is 1. The molecule has 0 aliphatic carbocycles. The van der Waals surface area contributed by atoms with Crippen molar-refractivity contribution >= 4 is 16.4 Å². The summed E-state index contributed by atoms with van der Waals surface area (Å²) < 4.78 is 62.5. The number of carboxylic acids is 1. The van der Waals surface area contributed by atoms with E-state index in [4.69, 9.17) is 33.3 Å². The summed E-state index contributed by atoms with van der Waals surface area (Å²) in [4.78, 5) is 11.2. The Hall–Kier alpha value is -1.52. The molecule has 2 saturated heterocycles. The van der Waals surface area contributed by atoms with Gasteiger partial charge in [0.05, 0.1) is 38.6 Å². The quantitative estimate of drug-likeness (QED) is 0.114. The second-order valence-electron chi connectivity index (χ2n) is 9.12. The number of aliphatic carboxylic acids is 1. The van der Waals surface area contributed by atoms with Crippen LogP contribution in [-0.2, 0) is 43.1 Å². The lowest BCUT2D eigenvalue weighted by molar-refractivity contribution is -0.298. The van der Waals surface area contributed by atoms with E-state index >= 15 is 0 Å². The fraction of sp³-hybridized carbons (Fsp3) is 0.850.